The fraction of sp³-hybridized carbons (Fsp3) is 0.591. The lowest BCUT2D eigenvalue weighted by molar-refractivity contribution is -0.136. The molecule has 1 heterocycles. The van der Waals surface area contributed by atoms with E-state index in [1.807, 2.05) is 24.3 Å². The number of hydrogen-bond donors (Lipinski definition) is 3. The predicted octanol–water partition coefficient (Wildman–Crippen LogP) is 0.851. The molecule has 3 N–H and O–H groups in total. The summed E-state index contributed by atoms with van der Waals surface area (Å²) in [4.78, 5) is 38.3. The molecule has 0 saturated carbocycles. The van der Waals surface area contributed by atoms with E-state index in [0.717, 1.165) is 37.0 Å². The highest BCUT2D eigenvalue weighted by Gasteiger charge is 2.23. The minimum Gasteiger partial charge on any atom is -0.492 e. The fourth-order valence-corrected chi connectivity index (χ4v) is 3.33. The Hall–Kier alpha value is -2.61. The second kappa shape index (κ2) is 12.8. The van der Waals surface area contributed by atoms with Crippen LogP contribution in [0.2, 0.25) is 0 Å². The molecule has 166 valence electrons. The number of likely N-dealkylation sites (N-methyl/N-ethyl adjacent to an activating group) is 1. The second-order valence-corrected chi connectivity index (χ2v) is 7.53. The van der Waals surface area contributed by atoms with Crippen LogP contribution in [0.15, 0.2) is 24.3 Å². The number of hydrogen-bond acceptors (Lipinski definition) is 5. The number of para-hydroxylation sites is 1. The topological polar surface area (TPSA) is 99.8 Å². The van der Waals surface area contributed by atoms with Crippen LogP contribution in [0.4, 0.5) is 0 Å². The molecule has 0 aliphatic carbocycles. The second-order valence-electron chi connectivity index (χ2n) is 7.53. The summed E-state index contributed by atoms with van der Waals surface area (Å²) in [5, 5.41) is 8.66. The number of nitrogens with one attached hydrogen (secondary N) is 3. The van der Waals surface area contributed by atoms with Crippen molar-refractivity contribution in [2.75, 3.05) is 39.8 Å². The van der Waals surface area contributed by atoms with Crippen LogP contribution in [0.3, 0.4) is 0 Å². The zero-order valence-corrected chi connectivity index (χ0v) is 18.0. The van der Waals surface area contributed by atoms with Gasteiger partial charge in [0, 0.05) is 20.1 Å². The average molecular weight is 419 g/mol. The minimum absolute atomic E-state index is 0.0830. The van der Waals surface area contributed by atoms with Gasteiger partial charge in [0.05, 0.1) is 19.1 Å². The molecule has 0 spiro atoms. The number of amides is 3. The van der Waals surface area contributed by atoms with E-state index >= 15 is 0 Å². The zero-order valence-electron chi connectivity index (χ0n) is 18.0. The monoisotopic (exact) mass is 418 g/mol. The van der Waals surface area contributed by atoms with Gasteiger partial charge in [-0.25, -0.2) is 0 Å². The van der Waals surface area contributed by atoms with Gasteiger partial charge in [-0.3, -0.25) is 14.4 Å². The first-order chi connectivity index (χ1) is 14.5. The number of ether oxygens (including phenoxy) is 1. The van der Waals surface area contributed by atoms with Gasteiger partial charge in [0.2, 0.25) is 17.7 Å². The van der Waals surface area contributed by atoms with Crippen molar-refractivity contribution in [3.8, 4) is 5.75 Å². The molecule has 0 radical (unpaired) electrons. The van der Waals surface area contributed by atoms with Crippen LogP contribution in [0.25, 0.3) is 0 Å². The molecule has 1 unspecified atom stereocenters. The largest absolute Gasteiger partial charge is 0.492 e. The van der Waals surface area contributed by atoms with Crippen molar-refractivity contribution >= 4 is 17.7 Å². The van der Waals surface area contributed by atoms with Crippen molar-refractivity contribution in [2.24, 2.45) is 0 Å². The molecule has 1 atom stereocenters. The van der Waals surface area contributed by atoms with Gasteiger partial charge in [0.25, 0.3) is 0 Å². The lowest BCUT2D eigenvalue weighted by Crippen LogP contribution is -2.49. The number of nitrogens with zero attached hydrogens (tertiary/aromatic N) is 1. The van der Waals surface area contributed by atoms with Crippen LogP contribution in [0.5, 0.6) is 5.75 Å². The first kappa shape index (κ1) is 23.7. The summed E-state index contributed by atoms with van der Waals surface area (Å²) in [6.45, 7) is 3.38. The number of carbonyl (C=O) groups excluding carboxylic acids is 3. The van der Waals surface area contributed by atoms with E-state index in [4.69, 9.17) is 4.74 Å². The Morgan fingerprint density at radius 1 is 1.10 bits per heavy atom. The summed E-state index contributed by atoms with van der Waals surface area (Å²) < 4.78 is 5.95. The average Bonchev–Trinajstić information content (AvgIpc) is 2.74. The predicted molar refractivity (Wildman–Crippen MR) is 115 cm³/mol. The Morgan fingerprint density at radius 2 is 1.90 bits per heavy atom. The van der Waals surface area contributed by atoms with Crippen LogP contribution in [-0.2, 0) is 20.8 Å². The standard InChI is InChI=1S/C22H34N4O4/c1-3-4-10-18-22(29)26(2)16-21(28)25-15-20(27)24-12-7-9-17-8-5-6-11-19(17)30-14-13-23-18/h5-6,8,11,18,23H,3-4,7,9-10,12-16H2,1-2H3,(H,24,27)(H,25,28). The van der Waals surface area contributed by atoms with Gasteiger partial charge in [-0.2, -0.15) is 0 Å². The summed E-state index contributed by atoms with van der Waals surface area (Å²) in [5.74, 6) is 0.0937. The number of aryl methyl sites for hydroxylation is 1. The third-order valence-electron chi connectivity index (χ3n) is 5.02. The first-order valence-electron chi connectivity index (χ1n) is 10.7. The maximum atomic E-state index is 12.8. The maximum absolute atomic E-state index is 12.8. The Kier molecular flexibility index (Phi) is 10.1. The fourth-order valence-electron chi connectivity index (χ4n) is 3.33. The highest BCUT2D eigenvalue weighted by atomic mass is 16.5. The van der Waals surface area contributed by atoms with Crippen molar-refractivity contribution < 1.29 is 19.1 Å². The third-order valence-corrected chi connectivity index (χ3v) is 5.02. The molecule has 1 aromatic carbocycles. The summed E-state index contributed by atoms with van der Waals surface area (Å²) in [6, 6.07) is 7.49. The Bertz CT molecular complexity index is 710. The van der Waals surface area contributed by atoms with Crippen molar-refractivity contribution in [2.45, 2.75) is 45.1 Å². The van der Waals surface area contributed by atoms with Gasteiger partial charge in [0.1, 0.15) is 12.4 Å². The van der Waals surface area contributed by atoms with E-state index in [-0.39, 0.29) is 36.9 Å². The molecule has 2 rings (SSSR count). The molecule has 0 aromatic heterocycles. The van der Waals surface area contributed by atoms with Gasteiger partial charge in [-0.05, 0) is 30.9 Å². The molecule has 0 saturated heterocycles. The molecule has 1 aromatic rings. The summed E-state index contributed by atoms with van der Waals surface area (Å²) in [5.41, 5.74) is 1.08. The number of benzene rings is 1. The maximum Gasteiger partial charge on any atom is 0.240 e. The molecular weight excluding hydrogens is 384 g/mol. The van der Waals surface area contributed by atoms with E-state index in [1.54, 1.807) is 7.05 Å². The van der Waals surface area contributed by atoms with Gasteiger partial charge < -0.3 is 25.6 Å². The lowest BCUT2D eigenvalue weighted by Gasteiger charge is -2.24. The first-order valence-corrected chi connectivity index (χ1v) is 10.7. The van der Waals surface area contributed by atoms with Crippen molar-refractivity contribution in [1.29, 1.82) is 0 Å². The zero-order chi connectivity index (χ0) is 21.8. The molecule has 0 bridgehead atoms. The van der Waals surface area contributed by atoms with E-state index in [0.29, 0.717) is 26.1 Å². The van der Waals surface area contributed by atoms with Gasteiger partial charge in [-0.15, -0.1) is 0 Å². The van der Waals surface area contributed by atoms with Crippen molar-refractivity contribution in [3.05, 3.63) is 29.8 Å². The van der Waals surface area contributed by atoms with Crippen LogP contribution >= 0.6 is 0 Å². The molecule has 1 aliphatic rings. The SMILES string of the molecule is CCCCC1NCCOc2ccccc2CCCNC(=O)CNC(=O)CN(C)C1=O. The molecule has 8 heteroatoms. The quantitative estimate of drug-likeness (QED) is 0.676. The lowest BCUT2D eigenvalue weighted by atomic mass is 10.1. The highest BCUT2D eigenvalue weighted by molar-refractivity contribution is 5.89. The Balaban J connectivity index is 2.08. The van der Waals surface area contributed by atoms with Crippen molar-refractivity contribution in [1.82, 2.24) is 20.9 Å². The normalized spacial score (nSPS) is 20.3. The Morgan fingerprint density at radius 3 is 2.70 bits per heavy atom. The van der Waals surface area contributed by atoms with Gasteiger partial charge in [0.15, 0.2) is 0 Å². The molecule has 3 amide bonds. The number of carbonyl (C=O) groups is 3. The molecule has 0 fully saturated rings. The van der Waals surface area contributed by atoms with Gasteiger partial charge in [-0.1, -0.05) is 38.0 Å². The van der Waals surface area contributed by atoms with E-state index in [1.165, 1.54) is 4.90 Å². The number of fused-ring (bicyclic) bond motifs is 1. The molecule has 8 nitrogen and oxygen atoms in total. The smallest absolute Gasteiger partial charge is 0.240 e. The number of unbranched alkanes of at least 4 members (excludes halogenated alkanes) is 1. The molecule has 30 heavy (non-hydrogen) atoms. The van der Waals surface area contributed by atoms with E-state index < -0.39 is 0 Å². The third kappa shape index (κ3) is 8.02. The van der Waals surface area contributed by atoms with Crippen molar-refractivity contribution in [3.63, 3.8) is 0 Å². The molecular formula is C22H34N4O4. The van der Waals surface area contributed by atoms with Crippen LogP contribution in [0, 0.1) is 0 Å². The van der Waals surface area contributed by atoms with Gasteiger partial charge >= 0.3 is 0 Å². The van der Waals surface area contributed by atoms with Crippen LogP contribution < -0.4 is 20.7 Å². The minimum atomic E-state index is -0.372. The highest BCUT2D eigenvalue weighted by Crippen LogP contribution is 2.19. The van der Waals surface area contributed by atoms with E-state index in [2.05, 4.69) is 22.9 Å². The van der Waals surface area contributed by atoms with Crippen LogP contribution in [0.1, 0.15) is 38.2 Å². The Labute approximate surface area is 178 Å². The summed E-state index contributed by atoms with van der Waals surface area (Å²) in [6.07, 6.45) is 4.13. The molecule has 1 aliphatic heterocycles. The van der Waals surface area contributed by atoms with Crippen LogP contribution in [-0.4, -0.2) is 68.5 Å². The summed E-state index contributed by atoms with van der Waals surface area (Å²) >= 11 is 0. The summed E-state index contributed by atoms with van der Waals surface area (Å²) in [7, 11) is 1.60. The number of rotatable bonds is 3. The van der Waals surface area contributed by atoms with E-state index in [9.17, 15) is 14.4 Å².